The van der Waals surface area contributed by atoms with Crippen LogP contribution in [-0.2, 0) is 0 Å². The van der Waals surface area contributed by atoms with Gasteiger partial charge in [0.25, 0.3) is 5.69 Å². The maximum atomic E-state index is 11.0. The van der Waals surface area contributed by atoms with Crippen molar-refractivity contribution < 1.29 is 4.92 Å². The van der Waals surface area contributed by atoms with E-state index in [2.05, 4.69) is 19.2 Å². The Bertz CT molecular complexity index is 419. The van der Waals surface area contributed by atoms with E-state index in [9.17, 15) is 10.1 Å². The van der Waals surface area contributed by atoms with E-state index in [1.165, 1.54) is 19.3 Å². The van der Waals surface area contributed by atoms with Gasteiger partial charge in [0.05, 0.1) is 4.92 Å². The van der Waals surface area contributed by atoms with Gasteiger partial charge in [-0.05, 0) is 24.8 Å². The summed E-state index contributed by atoms with van der Waals surface area (Å²) < 4.78 is 0. The second-order valence-electron chi connectivity index (χ2n) is 5.02. The normalized spacial score (nSPS) is 12.2. The molecule has 0 bridgehead atoms. The summed E-state index contributed by atoms with van der Waals surface area (Å²) in [6.45, 7) is 7.07. The van der Waals surface area contributed by atoms with E-state index in [4.69, 9.17) is 0 Å². The number of rotatable bonds is 8. The van der Waals surface area contributed by atoms with Gasteiger partial charge in [-0.25, -0.2) is 0 Å². The number of unbranched alkanes of at least 4 members (excludes halogenated alkanes) is 1. The summed E-state index contributed by atoms with van der Waals surface area (Å²) in [5.41, 5.74) is 1.77. The summed E-state index contributed by atoms with van der Waals surface area (Å²) in [6, 6.07) is 5.19. The number of para-hydroxylation sites is 1. The average molecular weight is 264 g/mol. The maximum Gasteiger partial charge on any atom is 0.292 e. The summed E-state index contributed by atoms with van der Waals surface area (Å²) in [4.78, 5) is 10.7. The topological polar surface area (TPSA) is 55.2 Å². The fraction of sp³-hybridized carbons (Fsp3) is 0.600. The zero-order valence-electron chi connectivity index (χ0n) is 12.1. The maximum absolute atomic E-state index is 11.0. The van der Waals surface area contributed by atoms with Gasteiger partial charge in [-0.1, -0.05) is 45.2 Å². The minimum atomic E-state index is -0.317. The van der Waals surface area contributed by atoms with Crippen LogP contribution in [0.2, 0.25) is 0 Å². The van der Waals surface area contributed by atoms with E-state index in [1.54, 1.807) is 12.1 Å². The van der Waals surface area contributed by atoms with E-state index in [0.29, 0.717) is 11.6 Å². The van der Waals surface area contributed by atoms with E-state index in [1.807, 2.05) is 13.0 Å². The minimum absolute atomic E-state index is 0.172. The molecule has 1 N–H and O–H groups in total. The van der Waals surface area contributed by atoms with Gasteiger partial charge in [-0.3, -0.25) is 10.1 Å². The number of hydrogen-bond acceptors (Lipinski definition) is 3. The lowest BCUT2D eigenvalue weighted by atomic mass is 9.99. The summed E-state index contributed by atoms with van der Waals surface area (Å²) >= 11 is 0. The Morgan fingerprint density at radius 2 is 2.11 bits per heavy atom. The monoisotopic (exact) mass is 264 g/mol. The van der Waals surface area contributed by atoms with Crippen molar-refractivity contribution >= 4 is 11.4 Å². The van der Waals surface area contributed by atoms with Crippen molar-refractivity contribution in [1.82, 2.24) is 0 Å². The largest absolute Gasteiger partial charge is 0.379 e. The Balaban J connectivity index is 2.73. The van der Waals surface area contributed by atoms with Crippen LogP contribution in [0.3, 0.4) is 0 Å². The van der Waals surface area contributed by atoms with Gasteiger partial charge in [0.2, 0.25) is 0 Å². The van der Waals surface area contributed by atoms with Crippen molar-refractivity contribution in [3.05, 3.63) is 33.9 Å². The van der Waals surface area contributed by atoms with Crippen LogP contribution < -0.4 is 5.32 Å². The van der Waals surface area contributed by atoms with Crippen LogP contribution in [0.4, 0.5) is 11.4 Å². The zero-order valence-corrected chi connectivity index (χ0v) is 12.1. The van der Waals surface area contributed by atoms with Crippen molar-refractivity contribution in [2.75, 3.05) is 11.9 Å². The molecule has 0 radical (unpaired) electrons. The lowest BCUT2D eigenvalue weighted by Gasteiger charge is -2.17. The van der Waals surface area contributed by atoms with Crippen LogP contribution in [0.1, 0.15) is 45.1 Å². The molecule has 0 saturated carbocycles. The van der Waals surface area contributed by atoms with Crippen LogP contribution in [0, 0.1) is 23.0 Å². The quantitative estimate of drug-likeness (QED) is 0.554. The first-order chi connectivity index (χ1) is 9.10. The van der Waals surface area contributed by atoms with Gasteiger partial charge in [-0.15, -0.1) is 0 Å². The fourth-order valence-corrected chi connectivity index (χ4v) is 2.22. The average Bonchev–Trinajstić information content (AvgIpc) is 2.40. The summed E-state index contributed by atoms with van der Waals surface area (Å²) in [5.74, 6) is 0.583. The highest BCUT2D eigenvalue weighted by molar-refractivity contribution is 5.65. The Morgan fingerprint density at radius 3 is 2.68 bits per heavy atom. The molecule has 19 heavy (non-hydrogen) atoms. The first-order valence-electron chi connectivity index (χ1n) is 7.08. The molecule has 106 valence electrons. The van der Waals surface area contributed by atoms with E-state index in [-0.39, 0.29) is 10.6 Å². The third kappa shape index (κ3) is 4.54. The second kappa shape index (κ2) is 7.77. The molecule has 0 amide bonds. The van der Waals surface area contributed by atoms with Gasteiger partial charge in [-0.2, -0.15) is 0 Å². The molecule has 4 nitrogen and oxygen atoms in total. The molecule has 0 saturated heterocycles. The lowest BCUT2D eigenvalue weighted by molar-refractivity contribution is -0.384. The Kier molecular flexibility index (Phi) is 6.33. The standard InChI is InChI=1S/C15H24N2O2/c1-4-6-9-13(5-2)11-16-15-12(3)8-7-10-14(15)17(18)19/h7-8,10,13,16H,4-6,9,11H2,1-3H3. The molecule has 0 aliphatic rings. The highest BCUT2D eigenvalue weighted by Crippen LogP contribution is 2.28. The van der Waals surface area contributed by atoms with Crippen molar-refractivity contribution in [3.8, 4) is 0 Å². The number of nitro groups is 1. The zero-order chi connectivity index (χ0) is 14.3. The first kappa shape index (κ1) is 15.5. The van der Waals surface area contributed by atoms with Gasteiger partial charge >= 0.3 is 0 Å². The number of aryl methyl sites for hydroxylation is 1. The molecule has 0 aliphatic carbocycles. The first-order valence-corrected chi connectivity index (χ1v) is 7.08. The number of hydrogen-bond donors (Lipinski definition) is 1. The molecule has 0 spiro atoms. The molecule has 4 heteroatoms. The smallest absolute Gasteiger partial charge is 0.292 e. The predicted octanol–water partition coefficient (Wildman–Crippen LogP) is 4.53. The molecule has 0 heterocycles. The van der Waals surface area contributed by atoms with Crippen molar-refractivity contribution in [2.24, 2.45) is 5.92 Å². The van der Waals surface area contributed by atoms with Crippen LogP contribution in [-0.4, -0.2) is 11.5 Å². The Morgan fingerprint density at radius 1 is 1.37 bits per heavy atom. The Labute approximate surface area is 115 Å². The van der Waals surface area contributed by atoms with Crippen LogP contribution in [0.5, 0.6) is 0 Å². The van der Waals surface area contributed by atoms with E-state index < -0.39 is 0 Å². The van der Waals surface area contributed by atoms with Gasteiger partial charge in [0, 0.05) is 12.6 Å². The van der Waals surface area contributed by atoms with Crippen molar-refractivity contribution in [3.63, 3.8) is 0 Å². The van der Waals surface area contributed by atoms with Crippen LogP contribution >= 0.6 is 0 Å². The predicted molar refractivity (Wildman–Crippen MR) is 79.6 cm³/mol. The number of anilines is 1. The molecule has 1 aromatic rings. The Hall–Kier alpha value is -1.58. The minimum Gasteiger partial charge on any atom is -0.379 e. The molecular formula is C15H24N2O2. The van der Waals surface area contributed by atoms with Crippen LogP contribution in [0.15, 0.2) is 18.2 Å². The van der Waals surface area contributed by atoms with E-state index >= 15 is 0 Å². The third-order valence-corrected chi connectivity index (χ3v) is 3.56. The van der Waals surface area contributed by atoms with Crippen molar-refractivity contribution in [2.45, 2.75) is 46.5 Å². The summed E-state index contributed by atoms with van der Waals surface area (Å²) in [7, 11) is 0. The highest BCUT2D eigenvalue weighted by Gasteiger charge is 2.16. The molecule has 0 fully saturated rings. The number of nitrogens with zero attached hydrogens (tertiary/aromatic N) is 1. The van der Waals surface area contributed by atoms with Gasteiger partial charge in [0.1, 0.15) is 5.69 Å². The van der Waals surface area contributed by atoms with Gasteiger partial charge in [0.15, 0.2) is 0 Å². The fourth-order valence-electron chi connectivity index (χ4n) is 2.22. The van der Waals surface area contributed by atoms with E-state index in [0.717, 1.165) is 18.5 Å². The number of nitro benzene ring substituents is 1. The molecular weight excluding hydrogens is 240 g/mol. The molecule has 0 aromatic heterocycles. The molecule has 1 atom stereocenters. The molecule has 0 aliphatic heterocycles. The molecule has 1 rings (SSSR count). The lowest BCUT2D eigenvalue weighted by Crippen LogP contribution is -2.15. The highest BCUT2D eigenvalue weighted by atomic mass is 16.6. The number of nitrogens with one attached hydrogen (secondary N) is 1. The second-order valence-corrected chi connectivity index (χ2v) is 5.02. The van der Waals surface area contributed by atoms with Crippen LogP contribution in [0.25, 0.3) is 0 Å². The number of benzene rings is 1. The van der Waals surface area contributed by atoms with Gasteiger partial charge < -0.3 is 5.32 Å². The SMILES string of the molecule is CCCCC(CC)CNc1c(C)cccc1[N+](=O)[O-]. The summed E-state index contributed by atoms with van der Waals surface area (Å²) in [6.07, 6.45) is 4.70. The molecule has 1 aromatic carbocycles. The van der Waals surface area contributed by atoms with Crippen molar-refractivity contribution in [1.29, 1.82) is 0 Å². The summed E-state index contributed by atoms with van der Waals surface area (Å²) in [5, 5.41) is 14.3. The third-order valence-electron chi connectivity index (χ3n) is 3.56. The molecule has 1 unspecified atom stereocenters.